The van der Waals surface area contributed by atoms with Crippen LogP contribution in [0.5, 0.6) is 0 Å². The number of unbranched alkanes of at least 4 members (excludes halogenated alkanes) is 5. The second-order valence-corrected chi connectivity index (χ2v) is 12.6. The fraction of sp³-hybridized carbons (Fsp3) is 0.788. The van der Waals surface area contributed by atoms with E-state index in [9.17, 15) is 4.79 Å². The molecular formula is C33H54O2S. The summed E-state index contributed by atoms with van der Waals surface area (Å²) in [6.07, 6.45) is 28.7. The van der Waals surface area contributed by atoms with Crippen molar-refractivity contribution in [1.82, 2.24) is 0 Å². The van der Waals surface area contributed by atoms with Crippen molar-refractivity contribution >= 4 is 18.6 Å². The number of hydrogen-bond donors (Lipinski definition) is 1. The van der Waals surface area contributed by atoms with Crippen molar-refractivity contribution in [3.8, 4) is 0 Å². The van der Waals surface area contributed by atoms with Crippen LogP contribution >= 0.6 is 12.6 Å². The Morgan fingerprint density at radius 3 is 2.19 bits per heavy atom. The number of carbonyl (C=O) groups excluding carboxylic acids is 1. The van der Waals surface area contributed by atoms with Gasteiger partial charge in [0.15, 0.2) is 0 Å². The van der Waals surface area contributed by atoms with Gasteiger partial charge in [-0.3, -0.25) is 0 Å². The third kappa shape index (κ3) is 9.41. The summed E-state index contributed by atoms with van der Waals surface area (Å²) in [6, 6.07) is 0. The monoisotopic (exact) mass is 514 g/mol. The Morgan fingerprint density at radius 1 is 0.917 bits per heavy atom. The van der Waals surface area contributed by atoms with Crippen molar-refractivity contribution in [2.75, 3.05) is 5.75 Å². The summed E-state index contributed by atoms with van der Waals surface area (Å²) < 4.78 is 5.87. The molecule has 3 rings (SSSR count). The Labute approximate surface area is 228 Å². The van der Waals surface area contributed by atoms with E-state index in [2.05, 4.69) is 38.3 Å². The standard InChI is InChI=1S/C33H54O2S/c1-4-5-8-11-26-13-15-27(16-14-26)28-17-19-29(20-18-28)31-22-21-30(12-9-6-7-10-23-36)32(24-31)35-33(34)25(2)3/h21,24,26-29,31,36H,2,4-20,22-23H2,1,3H3. The highest BCUT2D eigenvalue weighted by molar-refractivity contribution is 7.80. The summed E-state index contributed by atoms with van der Waals surface area (Å²) in [7, 11) is 0. The molecule has 3 heteroatoms. The van der Waals surface area contributed by atoms with Gasteiger partial charge in [0.25, 0.3) is 0 Å². The van der Waals surface area contributed by atoms with Gasteiger partial charge in [0, 0.05) is 5.57 Å². The van der Waals surface area contributed by atoms with Crippen LogP contribution in [-0.4, -0.2) is 11.7 Å². The summed E-state index contributed by atoms with van der Waals surface area (Å²) in [6.45, 7) is 7.85. The summed E-state index contributed by atoms with van der Waals surface area (Å²) in [4.78, 5) is 12.4. The maximum atomic E-state index is 12.4. The van der Waals surface area contributed by atoms with Crippen LogP contribution in [-0.2, 0) is 9.53 Å². The van der Waals surface area contributed by atoms with Crippen LogP contribution in [0.2, 0.25) is 0 Å². The van der Waals surface area contributed by atoms with Crippen LogP contribution in [0, 0.1) is 29.6 Å². The molecule has 3 aliphatic rings. The Morgan fingerprint density at radius 2 is 1.56 bits per heavy atom. The Balaban J connectivity index is 1.48. The summed E-state index contributed by atoms with van der Waals surface area (Å²) in [5, 5.41) is 0. The van der Waals surface area contributed by atoms with Crippen LogP contribution in [0.4, 0.5) is 0 Å². The van der Waals surface area contributed by atoms with Gasteiger partial charge in [-0.25, -0.2) is 4.79 Å². The Hall–Kier alpha value is -0.960. The predicted octanol–water partition coefficient (Wildman–Crippen LogP) is 10.0. The van der Waals surface area contributed by atoms with Crippen LogP contribution in [0.15, 0.2) is 35.6 Å². The Bertz CT molecular complexity index is 735. The first kappa shape index (κ1) is 29.6. The van der Waals surface area contributed by atoms with E-state index in [0.717, 1.165) is 54.4 Å². The minimum absolute atomic E-state index is 0.281. The lowest BCUT2D eigenvalue weighted by atomic mass is 9.66. The van der Waals surface area contributed by atoms with Crippen LogP contribution in [0.25, 0.3) is 0 Å². The van der Waals surface area contributed by atoms with Crippen molar-refractivity contribution < 1.29 is 9.53 Å². The van der Waals surface area contributed by atoms with E-state index in [1.165, 1.54) is 102 Å². The van der Waals surface area contributed by atoms with Crippen molar-refractivity contribution in [3.63, 3.8) is 0 Å². The molecule has 1 unspecified atom stereocenters. The maximum absolute atomic E-state index is 12.4. The fourth-order valence-electron chi connectivity index (χ4n) is 7.05. The van der Waals surface area contributed by atoms with Gasteiger partial charge in [0.1, 0.15) is 5.76 Å². The molecule has 1 atom stereocenters. The minimum atomic E-state index is -0.281. The highest BCUT2D eigenvalue weighted by Crippen LogP contribution is 2.45. The zero-order valence-corrected chi connectivity index (χ0v) is 24.3. The average molecular weight is 515 g/mol. The third-order valence-corrected chi connectivity index (χ3v) is 9.74. The molecule has 0 aliphatic heterocycles. The number of esters is 1. The van der Waals surface area contributed by atoms with E-state index in [0.29, 0.717) is 11.5 Å². The predicted molar refractivity (Wildman–Crippen MR) is 157 cm³/mol. The number of allylic oxidation sites excluding steroid dienone is 3. The molecule has 204 valence electrons. The second-order valence-electron chi connectivity index (χ2n) is 12.2. The van der Waals surface area contributed by atoms with E-state index >= 15 is 0 Å². The first-order valence-electron chi connectivity index (χ1n) is 15.4. The smallest absolute Gasteiger partial charge is 0.338 e. The molecule has 36 heavy (non-hydrogen) atoms. The molecule has 0 spiro atoms. The number of thiol groups is 1. The molecule has 0 N–H and O–H groups in total. The van der Waals surface area contributed by atoms with Crippen molar-refractivity contribution in [2.45, 2.75) is 129 Å². The molecule has 0 radical (unpaired) electrons. The van der Waals surface area contributed by atoms with Crippen LogP contribution in [0.3, 0.4) is 0 Å². The largest absolute Gasteiger partial charge is 0.423 e. The SMILES string of the molecule is C=C(C)C(=O)OC1=CC(C2CCC(C3CCC(CCCCC)CC3)CC2)CC=C1CCCCCCS. The Kier molecular flexibility index (Phi) is 13.2. The molecule has 2 nitrogen and oxygen atoms in total. The normalized spacial score (nSPS) is 28.8. The van der Waals surface area contributed by atoms with Gasteiger partial charge in [0.05, 0.1) is 0 Å². The van der Waals surface area contributed by atoms with Gasteiger partial charge in [0.2, 0.25) is 0 Å². The van der Waals surface area contributed by atoms with Gasteiger partial charge >= 0.3 is 5.97 Å². The molecule has 2 fully saturated rings. The molecule has 0 bridgehead atoms. The number of hydrogen-bond acceptors (Lipinski definition) is 3. The zero-order valence-electron chi connectivity index (χ0n) is 23.4. The highest BCUT2D eigenvalue weighted by Gasteiger charge is 2.34. The van der Waals surface area contributed by atoms with Crippen LogP contribution < -0.4 is 0 Å². The number of ether oxygens (including phenoxy) is 1. The van der Waals surface area contributed by atoms with Gasteiger partial charge in [-0.15, -0.1) is 0 Å². The highest BCUT2D eigenvalue weighted by atomic mass is 32.1. The quantitative estimate of drug-likeness (QED) is 0.108. The van der Waals surface area contributed by atoms with E-state index in [-0.39, 0.29) is 5.97 Å². The van der Waals surface area contributed by atoms with Gasteiger partial charge < -0.3 is 4.74 Å². The van der Waals surface area contributed by atoms with Crippen molar-refractivity contribution in [1.29, 1.82) is 0 Å². The van der Waals surface area contributed by atoms with Crippen LogP contribution in [0.1, 0.15) is 129 Å². The molecule has 0 saturated heterocycles. The molecule has 3 aliphatic carbocycles. The minimum Gasteiger partial charge on any atom is -0.423 e. The number of carbonyl (C=O) groups is 1. The fourth-order valence-corrected chi connectivity index (χ4v) is 7.27. The van der Waals surface area contributed by atoms with Crippen molar-refractivity contribution in [3.05, 3.63) is 35.6 Å². The lowest BCUT2D eigenvalue weighted by molar-refractivity contribution is -0.134. The third-order valence-electron chi connectivity index (χ3n) is 9.42. The maximum Gasteiger partial charge on any atom is 0.338 e. The second kappa shape index (κ2) is 16.1. The molecule has 0 heterocycles. The van der Waals surface area contributed by atoms with Crippen molar-refractivity contribution in [2.24, 2.45) is 29.6 Å². The molecular weight excluding hydrogens is 460 g/mol. The molecule has 2 saturated carbocycles. The zero-order chi connectivity index (χ0) is 25.8. The van der Waals surface area contributed by atoms with E-state index in [1.807, 2.05) is 0 Å². The lowest BCUT2D eigenvalue weighted by Crippen LogP contribution is -2.28. The molecule has 0 aromatic rings. The first-order chi connectivity index (χ1) is 17.5. The molecule has 0 aromatic heterocycles. The molecule has 0 aromatic carbocycles. The van der Waals surface area contributed by atoms with E-state index in [1.54, 1.807) is 6.92 Å². The molecule has 0 amide bonds. The van der Waals surface area contributed by atoms with E-state index in [4.69, 9.17) is 4.74 Å². The topological polar surface area (TPSA) is 26.3 Å². The average Bonchev–Trinajstić information content (AvgIpc) is 2.90. The summed E-state index contributed by atoms with van der Waals surface area (Å²) in [5.41, 5.74) is 1.71. The summed E-state index contributed by atoms with van der Waals surface area (Å²) >= 11 is 4.32. The summed E-state index contributed by atoms with van der Waals surface area (Å²) in [5.74, 6) is 5.72. The lowest BCUT2D eigenvalue weighted by Gasteiger charge is -2.40. The van der Waals surface area contributed by atoms with E-state index < -0.39 is 0 Å². The van der Waals surface area contributed by atoms with Gasteiger partial charge in [-0.1, -0.05) is 70.9 Å². The van der Waals surface area contributed by atoms with Gasteiger partial charge in [-0.05, 0) is 118 Å². The first-order valence-corrected chi connectivity index (χ1v) is 16.0. The van der Waals surface area contributed by atoms with Gasteiger partial charge in [-0.2, -0.15) is 12.6 Å². The number of rotatable bonds is 14.